The summed E-state index contributed by atoms with van der Waals surface area (Å²) in [5, 5.41) is 5.33. The molecule has 1 aliphatic heterocycles. The van der Waals surface area contributed by atoms with Crippen molar-refractivity contribution in [3.63, 3.8) is 0 Å². The Hall–Kier alpha value is -2.32. The number of amides is 2. The number of aromatic nitrogens is 1. The summed E-state index contributed by atoms with van der Waals surface area (Å²) in [6, 6.07) is 3.77. The minimum Gasteiger partial charge on any atom is -0.378 e. The molecule has 2 amide bonds. The number of carbonyl (C=O) groups is 2. The lowest BCUT2D eigenvalue weighted by Gasteiger charge is -2.26. The first-order valence-corrected chi connectivity index (χ1v) is 10.1. The monoisotopic (exact) mass is 405 g/mol. The zero-order chi connectivity index (χ0) is 20.3. The van der Waals surface area contributed by atoms with Gasteiger partial charge >= 0.3 is 0 Å². The average molecular weight is 405 g/mol. The first-order valence-electron chi connectivity index (χ1n) is 9.26. The number of thiazole rings is 1. The Labute approximate surface area is 167 Å². The highest BCUT2D eigenvalue weighted by molar-refractivity contribution is 7.09. The lowest BCUT2D eigenvalue weighted by atomic mass is 10.0. The van der Waals surface area contributed by atoms with E-state index in [2.05, 4.69) is 10.3 Å². The van der Waals surface area contributed by atoms with Crippen LogP contribution in [-0.2, 0) is 4.74 Å². The molecule has 3 rings (SSSR count). The number of carbonyl (C=O) groups excluding carboxylic acids is 2. The molecule has 0 radical (unpaired) electrons. The van der Waals surface area contributed by atoms with Crippen molar-refractivity contribution < 1.29 is 18.7 Å². The van der Waals surface area contributed by atoms with E-state index >= 15 is 0 Å². The van der Waals surface area contributed by atoms with Gasteiger partial charge in [0.2, 0.25) is 0 Å². The Morgan fingerprint density at radius 2 is 2.00 bits per heavy atom. The van der Waals surface area contributed by atoms with Crippen molar-refractivity contribution >= 4 is 23.2 Å². The van der Waals surface area contributed by atoms with Gasteiger partial charge in [0.25, 0.3) is 11.8 Å². The van der Waals surface area contributed by atoms with E-state index in [1.807, 2.05) is 13.8 Å². The lowest BCUT2D eigenvalue weighted by Crippen LogP contribution is -2.40. The summed E-state index contributed by atoms with van der Waals surface area (Å²) in [5.74, 6) is -0.882. The highest BCUT2D eigenvalue weighted by Gasteiger charge is 2.26. The highest BCUT2D eigenvalue weighted by atomic mass is 32.1. The van der Waals surface area contributed by atoms with E-state index in [1.54, 1.807) is 23.3 Å². The van der Waals surface area contributed by atoms with Gasteiger partial charge < -0.3 is 15.0 Å². The van der Waals surface area contributed by atoms with Gasteiger partial charge in [-0.25, -0.2) is 9.37 Å². The van der Waals surface area contributed by atoms with E-state index in [-0.39, 0.29) is 23.8 Å². The largest absolute Gasteiger partial charge is 0.378 e. The molecule has 2 heterocycles. The first kappa shape index (κ1) is 20.4. The number of aryl methyl sites for hydroxylation is 1. The van der Waals surface area contributed by atoms with Gasteiger partial charge in [0, 0.05) is 24.0 Å². The van der Waals surface area contributed by atoms with Crippen molar-refractivity contribution in [2.24, 2.45) is 5.92 Å². The van der Waals surface area contributed by atoms with Gasteiger partial charge in [0.05, 0.1) is 19.3 Å². The van der Waals surface area contributed by atoms with E-state index in [4.69, 9.17) is 4.74 Å². The second-order valence-electron chi connectivity index (χ2n) is 7.13. The number of nitrogens with zero attached hydrogens (tertiary/aromatic N) is 2. The van der Waals surface area contributed by atoms with Crippen LogP contribution in [0.4, 0.5) is 4.39 Å². The SMILES string of the molecule is Cc1ccc(F)cc1C(=O)N[C@H](c1nc(C(=O)N2CCOCC2)cs1)C(C)C. The summed E-state index contributed by atoms with van der Waals surface area (Å²) in [7, 11) is 0. The molecule has 0 spiro atoms. The van der Waals surface area contributed by atoms with E-state index in [0.29, 0.717) is 48.1 Å². The average Bonchev–Trinajstić information content (AvgIpc) is 3.17. The van der Waals surface area contributed by atoms with Crippen LogP contribution in [0.15, 0.2) is 23.6 Å². The van der Waals surface area contributed by atoms with Gasteiger partial charge in [-0.15, -0.1) is 11.3 Å². The Morgan fingerprint density at radius 3 is 2.68 bits per heavy atom. The second-order valence-corrected chi connectivity index (χ2v) is 8.02. The van der Waals surface area contributed by atoms with Gasteiger partial charge in [0.1, 0.15) is 16.5 Å². The topological polar surface area (TPSA) is 71.5 Å². The van der Waals surface area contributed by atoms with E-state index < -0.39 is 5.82 Å². The maximum atomic E-state index is 13.6. The van der Waals surface area contributed by atoms with Gasteiger partial charge in [-0.3, -0.25) is 9.59 Å². The standard InChI is InChI=1S/C20H24FN3O3S/c1-12(2)17(23-18(25)15-10-14(21)5-4-13(15)3)19-22-16(11-28-19)20(26)24-6-8-27-9-7-24/h4-5,10-12,17H,6-9H2,1-3H3,(H,23,25)/t17-/m0/s1. The van der Waals surface area contributed by atoms with Gasteiger partial charge in [-0.1, -0.05) is 19.9 Å². The van der Waals surface area contributed by atoms with Crippen LogP contribution in [-0.4, -0.2) is 48.0 Å². The van der Waals surface area contributed by atoms with Crippen LogP contribution in [0.5, 0.6) is 0 Å². The van der Waals surface area contributed by atoms with Crippen LogP contribution < -0.4 is 5.32 Å². The predicted molar refractivity (Wildman–Crippen MR) is 105 cm³/mol. The third kappa shape index (κ3) is 4.56. The third-order valence-corrected chi connectivity index (χ3v) is 5.63. The molecule has 1 fully saturated rings. The van der Waals surface area contributed by atoms with Crippen LogP contribution in [0.1, 0.15) is 51.3 Å². The second kappa shape index (κ2) is 8.79. The van der Waals surface area contributed by atoms with Crippen LogP contribution in [0.25, 0.3) is 0 Å². The van der Waals surface area contributed by atoms with Gasteiger partial charge in [-0.2, -0.15) is 0 Å². The highest BCUT2D eigenvalue weighted by Crippen LogP contribution is 2.26. The molecule has 8 heteroatoms. The molecule has 6 nitrogen and oxygen atoms in total. The van der Waals surface area contributed by atoms with Crippen molar-refractivity contribution in [2.45, 2.75) is 26.8 Å². The molecular formula is C20H24FN3O3S. The van der Waals surface area contributed by atoms with Crippen LogP contribution in [0.2, 0.25) is 0 Å². The molecule has 0 bridgehead atoms. The summed E-state index contributed by atoms with van der Waals surface area (Å²) < 4.78 is 18.8. The van der Waals surface area contributed by atoms with Gasteiger partial charge in [-0.05, 0) is 30.5 Å². The summed E-state index contributed by atoms with van der Waals surface area (Å²) >= 11 is 1.34. The molecule has 1 atom stereocenters. The van der Waals surface area contributed by atoms with Crippen molar-refractivity contribution in [3.8, 4) is 0 Å². The van der Waals surface area contributed by atoms with E-state index in [1.165, 1.54) is 23.5 Å². The van der Waals surface area contributed by atoms with Crippen molar-refractivity contribution in [2.75, 3.05) is 26.3 Å². The van der Waals surface area contributed by atoms with Crippen molar-refractivity contribution in [3.05, 3.63) is 51.2 Å². The quantitative estimate of drug-likeness (QED) is 0.829. The van der Waals surface area contributed by atoms with Crippen LogP contribution in [0, 0.1) is 18.7 Å². The molecule has 0 aliphatic carbocycles. The number of ether oxygens (including phenoxy) is 1. The smallest absolute Gasteiger partial charge is 0.273 e. The predicted octanol–water partition coefficient (Wildman–Crippen LogP) is 3.19. The lowest BCUT2D eigenvalue weighted by molar-refractivity contribution is 0.0299. The number of benzene rings is 1. The molecule has 1 aromatic carbocycles. The fraction of sp³-hybridized carbons (Fsp3) is 0.450. The zero-order valence-electron chi connectivity index (χ0n) is 16.2. The summed E-state index contributed by atoms with van der Waals surface area (Å²) in [5.41, 5.74) is 1.37. The molecule has 1 aromatic heterocycles. The Kier molecular flexibility index (Phi) is 6.41. The molecule has 150 valence electrons. The first-order chi connectivity index (χ1) is 13.4. The zero-order valence-corrected chi connectivity index (χ0v) is 17.0. The Morgan fingerprint density at radius 1 is 1.29 bits per heavy atom. The van der Waals surface area contributed by atoms with Gasteiger partial charge in [0.15, 0.2) is 0 Å². The van der Waals surface area contributed by atoms with Crippen molar-refractivity contribution in [1.29, 1.82) is 0 Å². The number of nitrogens with one attached hydrogen (secondary N) is 1. The number of hydrogen-bond donors (Lipinski definition) is 1. The molecule has 1 N–H and O–H groups in total. The third-order valence-electron chi connectivity index (χ3n) is 4.70. The molecule has 28 heavy (non-hydrogen) atoms. The van der Waals surface area contributed by atoms with Crippen LogP contribution >= 0.6 is 11.3 Å². The fourth-order valence-electron chi connectivity index (χ4n) is 3.03. The van der Waals surface area contributed by atoms with E-state index in [0.717, 1.165) is 0 Å². The molecular weight excluding hydrogens is 381 g/mol. The molecule has 1 aliphatic rings. The molecule has 1 saturated heterocycles. The fourth-order valence-corrected chi connectivity index (χ4v) is 4.04. The summed E-state index contributed by atoms with van der Waals surface area (Å²) in [6.07, 6.45) is 0. The summed E-state index contributed by atoms with van der Waals surface area (Å²) in [4.78, 5) is 31.5. The minimum atomic E-state index is -0.454. The number of morpholine rings is 1. The number of rotatable bonds is 5. The minimum absolute atomic E-state index is 0.0512. The molecule has 2 aromatic rings. The van der Waals surface area contributed by atoms with Crippen LogP contribution in [0.3, 0.4) is 0 Å². The van der Waals surface area contributed by atoms with Crippen molar-refractivity contribution in [1.82, 2.24) is 15.2 Å². The molecule has 0 saturated carbocycles. The Bertz CT molecular complexity index is 862. The summed E-state index contributed by atoms with van der Waals surface area (Å²) in [6.45, 7) is 7.86. The number of halogens is 1. The Balaban J connectivity index is 1.77. The normalized spacial score (nSPS) is 15.5. The maximum absolute atomic E-state index is 13.6. The number of hydrogen-bond acceptors (Lipinski definition) is 5. The molecule has 0 unspecified atom stereocenters. The maximum Gasteiger partial charge on any atom is 0.273 e. The van der Waals surface area contributed by atoms with E-state index in [9.17, 15) is 14.0 Å².